The molecule has 2 fully saturated rings. The Bertz CT molecular complexity index is 638. The Morgan fingerprint density at radius 2 is 2.09 bits per heavy atom. The Balaban J connectivity index is 1.73. The minimum atomic E-state index is -0.790. The number of amides is 2. The smallest absolute Gasteiger partial charge is 0.228 e. The molecular formula is C16H19F2N3O2. The number of anilines is 1. The molecule has 2 atom stereocenters. The van der Waals surface area contributed by atoms with Gasteiger partial charge in [-0.3, -0.25) is 9.59 Å². The van der Waals surface area contributed by atoms with Crippen LogP contribution in [-0.2, 0) is 9.59 Å². The van der Waals surface area contributed by atoms with Gasteiger partial charge in [0.25, 0.3) is 0 Å². The number of rotatable bonds is 2. The molecule has 2 unspecified atom stereocenters. The fourth-order valence-corrected chi connectivity index (χ4v) is 3.20. The van der Waals surface area contributed by atoms with E-state index in [1.807, 2.05) is 6.92 Å². The number of carbonyl (C=O) groups excluding carboxylic acids is 2. The van der Waals surface area contributed by atoms with Crippen molar-refractivity contribution in [1.29, 1.82) is 0 Å². The van der Waals surface area contributed by atoms with E-state index < -0.39 is 17.6 Å². The van der Waals surface area contributed by atoms with Crippen LogP contribution in [0.2, 0.25) is 0 Å². The van der Waals surface area contributed by atoms with E-state index in [9.17, 15) is 18.4 Å². The molecule has 0 saturated carbocycles. The lowest BCUT2D eigenvalue weighted by Crippen LogP contribution is -2.53. The van der Waals surface area contributed by atoms with E-state index in [1.54, 1.807) is 4.90 Å². The molecule has 2 heterocycles. The van der Waals surface area contributed by atoms with Crippen LogP contribution in [0.25, 0.3) is 0 Å². The molecule has 124 valence electrons. The second-order valence-electron chi connectivity index (χ2n) is 6.14. The van der Waals surface area contributed by atoms with Crippen LogP contribution in [-0.4, -0.2) is 48.9 Å². The topological polar surface area (TPSA) is 52.7 Å². The van der Waals surface area contributed by atoms with E-state index in [1.165, 1.54) is 11.0 Å². The number of halogens is 2. The van der Waals surface area contributed by atoms with E-state index in [-0.39, 0.29) is 36.5 Å². The Morgan fingerprint density at radius 3 is 2.78 bits per heavy atom. The maximum Gasteiger partial charge on any atom is 0.228 e. The molecule has 1 aromatic carbocycles. The van der Waals surface area contributed by atoms with Gasteiger partial charge in [-0.15, -0.1) is 0 Å². The molecule has 2 aliphatic heterocycles. The zero-order chi connectivity index (χ0) is 16.6. The van der Waals surface area contributed by atoms with Crippen molar-refractivity contribution in [3.8, 4) is 0 Å². The summed E-state index contributed by atoms with van der Waals surface area (Å²) in [5.74, 6) is -2.34. The first-order valence-electron chi connectivity index (χ1n) is 7.73. The lowest BCUT2D eigenvalue weighted by atomic mass is 10.1. The molecule has 0 aliphatic carbocycles. The number of piperazine rings is 1. The first kappa shape index (κ1) is 15.9. The van der Waals surface area contributed by atoms with Crippen molar-refractivity contribution in [2.24, 2.45) is 5.92 Å². The predicted octanol–water partition coefficient (Wildman–Crippen LogP) is 1.14. The molecule has 2 saturated heterocycles. The average Bonchev–Trinajstić information content (AvgIpc) is 2.88. The van der Waals surface area contributed by atoms with Crippen molar-refractivity contribution in [3.05, 3.63) is 29.8 Å². The van der Waals surface area contributed by atoms with Gasteiger partial charge < -0.3 is 15.1 Å². The van der Waals surface area contributed by atoms with Gasteiger partial charge in [0.15, 0.2) is 0 Å². The SMILES string of the molecule is CC1CN(C(=O)C2CC(=O)N(c3ccc(F)cc3F)C2)CCN1. The normalized spacial score (nSPS) is 25.1. The molecule has 1 aromatic rings. The van der Waals surface area contributed by atoms with Gasteiger partial charge in [0.05, 0.1) is 11.6 Å². The third kappa shape index (κ3) is 3.19. The Hall–Kier alpha value is -2.02. The monoisotopic (exact) mass is 323 g/mol. The second kappa shape index (κ2) is 6.23. The lowest BCUT2D eigenvalue weighted by molar-refractivity contribution is -0.136. The van der Waals surface area contributed by atoms with Gasteiger partial charge in [-0.2, -0.15) is 0 Å². The predicted molar refractivity (Wildman–Crippen MR) is 80.9 cm³/mol. The Morgan fingerprint density at radius 1 is 1.30 bits per heavy atom. The van der Waals surface area contributed by atoms with Crippen LogP contribution in [0.1, 0.15) is 13.3 Å². The summed E-state index contributed by atoms with van der Waals surface area (Å²) in [6.45, 7) is 4.08. The Kier molecular flexibility index (Phi) is 4.30. The highest BCUT2D eigenvalue weighted by atomic mass is 19.1. The lowest BCUT2D eigenvalue weighted by Gasteiger charge is -2.33. The van der Waals surface area contributed by atoms with E-state index in [0.717, 1.165) is 18.7 Å². The zero-order valence-corrected chi connectivity index (χ0v) is 12.9. The molecule has 23 heavy (non-hydrogen) atoms. The van der Waals surface area contributed by atoms with E-state index in [0.29, 0.717) is 13.1 Å². The molecule has 0 bridgehead atoms. The van der Waals surface area contributed by atoms with Gasteiger partial charge in [0, 0.05) is 44.7 Å². The van der Waals surface area contributed by atoms with Crippen molar-refractivity contribution < 1.29 is 18.4 Å². The summed E-state index contributed by atoms with van der Waals surface area (Å²) in [6.07, 6.45) is 0.0635. The van der Waals surface area contributed by atoms with Crippen molar-refractivity contribution in [2.45, 2.75) is 19.4 Å². The van der Waals surface area contributed by atoms with E-state index >= 15 is 0 Å². The molecule has 2 amide bonds. The van der Waals surface area contributed by atoms with Crippen molar-refractivity contribution in [3.63, 3.8) is 0 Å². The van der Waals surface area contributed by atoms with Gasteiger partial charge in [-0.05, 0) is 19.1 Å². The summed E-state index contributed by atoms with van der Waals surface area (Å²) in [5.41, 5.74) is 0.0281. The van der Waals surface area contributed by atoms with E-state index in [4.69, 9.17) is 0 Å². The summed E-state index contributed by atoms with van der Waals surface area (Å²) >= 11 is 0. The third-order valence-electron chi connectivity index (χ3n) is 4.36. The van der Waals surface area contributed by atoms with Gasteiger partial charge in [0.1, 0.15) is 11.6 Å². The van der Waals surface area contributed by atoms with Crippen LogP contribution in [0.3, 0.4) is 0 Å². The summed E-state index contributed by atoms with van der Waals surface area (Å²) in [4.78, 5) is 27.7. The average molecular weight is 323 g/mol. The summed E-state index contributed by atoms with van der Waals surface area (Å²) in [5, 5.41) is 3.26. The number of carbonyl (C=O) groups is 2. The van der Waals surface area contributed by atoms with Crippen LogP contribution in [0.5, 0.6) is 0 Å². The quantitative estimate of drug-likeness (QED) is 0.888. The van der Waals surface area contributed by atoms with Crippen molar-refractivity contribution in [1.82, 2.24) is 10.2 Å². The highest BCUT2D eigenvalue weighted by Gasteiger charge is 2.38. The summed E-state index contributed by atoms with van der Waals surface area (Å²) in [6, 6.07) is 3.31. The standard InChI is InChI=1S/C16H19F2N3O2/c1-10-8-20(5-4-19-10)16(23)11-6-15(22)21(9-11)14-3-2-12(17)7-13(14)18/h2-3,7,10-11,19H,4-6,8-9H2,1H3. The fourth-order valence-electron chi connectivity index (χ4n) is 3.20. The highest BCUT2D eigenvalue weighted by molar-refractivity contribution is 6.00. The third-order valence-corrected chi connectivity index (χ3v) is 4.36. The number of hydrogen-bond donors (Lipinski definition) is 1. The minimum Gasteiger partial charge on any atom is -0.340 e. The zero-order valence-electron chi connectivity index (χ0n) is 12.9. The first-order chi connectivity index (χ1) is 11.0. The molecular weight excluding hydrogens is 304 g/mol. The van der Waals surface area contributed by atoms with Gasteiger partial charge >= 0.3 is 0 Å². The van der Waals surface area contributed by atoms with Gasteiger partial charge in [-0.25, -0.2) is 8.78 Å². The fraction of sp³-hybridized carbons (Fsp3) is 0.500. The van der Waals surface area contributed by atoms with Crippen LogP contribution >= 0.6 is 0 Å². The molecule has 3 rings (SSSR count). The molecule has 0 radical (unpaired) electrons. The second-order valence-corrected chi connectivity index (χ2v) is 6.14. The number of hydrogen-bond acceptors (Lipinski definition) is 3. The number of nitrogens with one attached hydrogen (secondary N) is 1. The molecule has 0 aromatic heterocycles. The summed E-state index contributed by atoms with van der Waals surface area (Å²) in [7, 11) is 0. The largest absolute Gasteiger partial charge is 0.340 e. The highest BCUT2D eigenvalue weighted by Crippen LogP contribution is 2.29. The maximum atomic E-state index is 13.9. The minimum absolute atomic E-state index is 0.0281. The first-order valence-corrected chi connectivity index (χ1v) is 7.73. The molecule has 5 nitrogen and oxygen atoms in total. The number of benzene rings is 1. The van der Waals surface area contributed by atoms with Crippen molar-refractivity contribution in [2.75, 3.05) is 31.1 Å². The van der Waals surface area contributed by atoms with Crippen LogP contribution in [0, 0.1) is 17.6 Å². The van der Waals surface area contributed by atoms with E-state index in [2.05, 4.69) is 5.32 Å². The Labute approximate surface area is 133 Å². The van der Waals surface area contributed by atoms with Gasteiger partial charge in [0.2, 0.25) is 11.8 Å². The maximum absolute atomic E-state index is 13.9. The summed E-state index contributed by atoms with van der Waals surface area (Å²) < 4.78 is 26.9. The van der Waals surface area contributed by atoms with Crippen LogP contribution in [0.4, 0.5) is 14.5 Å². The molecule has 7 heteroatoms. The molecule has 0 spiro atoms. The number of nitrogens with zero attached hydrogens (tertiary/aromatic N) is 2. The van der Waals surface area contributed by atoms with Crippen LogP contribution < -0.4 is 10.2 Å². The molecule has 1 N–H and O–H groups in total. The van der Waals surface area contributed by atoms with Crippen LogP contribution in [0.15, 0.2) is 18.2 Å². The van der Waals surface area contributed by atoms with Crippen molar-refractivity contribution >= 4 is 17.5 Å². The van der Waals surface area contributed by atoms with Gasteiger partial charge in [-0.1, -0.05) is 0 Å². The molecule has 2 aliphatic rings.